The molecule has 1 aromatic carbocycles. The number of carboxylic acids is 1. The van der Waals surface area contributed by atoms with Crippen LogP contribution in [0.3, 0.4) is 0 Å². The molecule has 1 fully saturated rings. The molecule has 0 aliphatic heterocycles. The van der Waals surface area contributed by atoms with Crippen molar-refractivity contribution in [2.45, 2.75) is 44.6 Å². The van der Waals surface area contributed by atoms with Gasteiger partial charge in [-0.2, -0.15) is 0 Å². The minimum Gasteiger partial charge on any atom is -0.481 e. The minimum absolute atomic E-state index is 0.158. The number of carboxylic acid groups (broad SMARTS) is 1. The molecule has 0 spiro atoms. The van der Waals surface area contributed by atoms with Crippen LogP contribution in [0.1, 0.15) is 43.2 Å². The molecule has 2 atom stereocenters. The van der Waals surface area contributed by atoms with Crippen LogP contribution in [0, 0.1) is 5.92 Å². The van der Waals surface area contributed by atoms with Gasteiger partial charge in [0, 0.05) is 7.11 Å². The van der Waals surface area contributed by atoms with Gasteiger partial charge in [-0.25, -0.2) is 0 Å². The third-order valence-corrected chi connectivity index (χ3v) is 3.95. The predicted octanol–water partition coefficient (Wildman–Crippen LogP) is 3.23. The van der Waals surface area contributed by atoms with E-state index in [-0.39, 0.29) is 18.4 Å². The zero-order chi connectivity index (χ0) is 13.8. The summed E-state index contributed by atoms with van der Waals surface area (Å²) >= 11 is 0. The van der Waals surface area contributed by atoms with Crippen molar-refractivity contribution in [2.24, 2.45) is 5.92 Å². The number of hydrogen-bond acceptors (Lipinski definition) is 2. The summed E-state index contributed by atoms with van der Waals surface area (Å²) in [7, 11) is 1.71. The lowest BCUT2D eigenvalue weighted by Gasteiger charge is -2.20. The number of benzene rings is 1. The highest BCUT2D eigenvalue weighted by molar-refractivity contribution is 5.68. The van der Waals surface area contributed by atoms with Crippen LogP contribution in [0.4, 0.5) is 0 Å². The third-order valence-electron chi connectivity index (χ3n) is 3.95. The normalized spacial score (nSPS) is 18.0. The van der Waals surface area contributed by atoms with E-state index in [0.29, 0.717) is 5.92 Å². The highest BCUT2D eigenvalue weighted by Crippen LogP contribution is 2.45. The summed E-state index contributed by atoms with van der Waals surface area (Å²) in [6, 6.07) is 8.21. The first-order valence-electron chi connectivity index (χ1n) is 6.94. The molecule has 3 nitrogen and oxygen atoms in total. The van der Waals surface area contributed by atoms with Gasteiger partial charge in [-0.3, -0.25) is 4.79 Å². The minimum atomic E-state index is -0.702. The van der Waals surface area contributed by atoms with E-state index in [4.69, 9.17) is 9.84 Å². The van der Waals surface area contributed by atoms with Crippen LogP contribution in [-0.2, 0) is 16.0 Å². The maximum absolute atomic E-state index is 11.1. The first kappa shape index (κ1) is 14.1. The molecule has 3 heteroatoms. The van der Waals surface area contributed by atoms with Crippen molar-refractivity contribution in [3.63, 3.8) is 0 Å². The molecule has 1 aliphatic rings. The van der Waals surface area contributed by atoms with Crippen LogP contribution in [-0.4, -0.2) is 24.3 Å². The molecular weight excluding hydrogens is 240 g/mol. The molecule has 0 amide bonds. The zero-order valence-corrected chi connectivity index (χ0v) is 11.6. The number of ether oxygens (including phenoxy) is 1. The fraction of sp³-hybridized carbons (Fsp3) is 0.562. The van der Waals surface area contributed by atoms with E-state index < -0.39 is 5.97 Å². The Hall–Kier alpha value is -1.35. The maximum atomic E-state index is 11.1. The van der Waals surface area contributed by atoms with E-state index in [1.54, 1.807) is 7.11 Å². The van der Waals surface area contributed by atoms with Crippen molar-refractivity contribution in [1.82, 2.24) is 0 Å². The average molecular weight is 262 g/mol. The van der Waals surface area contributed by atoms with E-state index in [9.17, 15) is 4.79 Å². The van der Waals surface area contributed by atoms with E-state index in [1.165, 1.54) is 11.1 Å². The van der Waals surface area contributed by atoms with Crippen molar-refractivity contribution in [2.75, 3.05) is 7.11 Å². The maximum Gasteiger partial charge on any atom is 0.303 e. The van der Waals surface area contributed by atoms with Gasteiger partial charge in [-0.15, -0.1) is 0 Å². The smallest absolute Gasteiger partial charge is 0.303 e. The lowest BCUT2D eigenvalue weighted by Crippen LogP contribution is -2.14. The van der Waals surface area contributed by atoms with Crippen molar-refractivity contribution >= 4 is 5.97 Å². The van der Waals surface area contributed by atoms with Gasteiger partial charge in [0.05, 0.1) is 12.5 Å². The van der Waals surface area contributed by atoms with Gasteiger partial charge >= 0.3 is 5.97 Å². The van der Waals surface area contributed by atoms with E-state index in [1.807, 2.05) is 19.1 Å². The SMILES string of the molecule is COC(C)Cc1ccccc1C(CC(=O)O)C1CC1. The van der Waals surface area contributed by atoms with Crippen molar-refractivity contribution in [1.29, 1.82) is 0 Å². The number of rotatable bonds is 7. The lowest BCUT2D eigenvalue weighted by atomic mass is 9.86. The van der Waals surface area contributed by atoms with Crippen molar-refractivity contribution in [3.8, 4) is 0 Å². The second-order valence-electron chi connectivity index (χ2n) is 5.49. The van der Waals surface area contributed by atoms with E-state index in [0.717, 1.165) is 19.3 Å². The van der Waals surface area contributed by atoms with E-state index in [2.05, 4.69) is 12.1 Å². The molecular formula is C16H22O3. The highest BCUT2D eigenvalue weighted by Gasteiger charge is 2.34. The quantitative estimate of drug-likeness (QED) is 0.820. The van der Waals surface area contributed by atoms with Crippen LogP contribution in [0.15, 0.2) is 24.3 Å². The highest BCUT2D eigenvalue weighted by atomic mass is 16.5. The summed E-state index contributed by atoms with van der Waals surface area (Å²) in [6.07, 6.45) is 3.56. The van der Waals surface area contributed by atoms with Gasteiger partial charge in [-0.1, -0.05) is 24.3 Å². The molecule has 1 aliphatic carbocycles. The average Bonchev–Trinajstić information content (AvgIpc) is 3.21. The Morgan fingerprint density at radius 2 is 2.11 bits per heavy atom. The van der Waals surface area contributed by atoms with Gasteiger partial charge in [-0.05, 0) is 49.1 Å². The van der Waals surface area contributed by atoms with Gasteiger partial charge in [0.15, 0.2) is 0 Å². The Balaban J connectivity index is 2.22. The molecule has 2 rings (SSSR count). The number of hydrogen-bond donors (Lipinski definition) is 1. The Morgan fingerprint density at radius 1 is 1.42 bits per heavy atom. The Kier molecular flexibility index (Phi) is 4.59. The largest absolute Gasteiger partial charge is 0.481 e. The molecule has 1 aromatic rings. The van der Waals surface area contributed by atoms with Crippen molar-refractivity contribution in [3.05, 3.63) is 35.4 Å². The van der Waals surface area contributed by atoms with Crippen LogP contribution in [0.5, 0.6) is 0 Å². The third kappa shape index (κ3) is 3.80. The second-order valence-corrected chi connectivity index (χ2v) is 5.49. The topological polar surface area (TPSA) is 46.5 Å². The summed E-state index contributed by atoms with van der Waals surface area (Å²) in [6.45, 7) is 2.04. The van der Waals surface area contributed by atoms with Gasteiger partial charge in [0.1, 0.15) is 0 Å². The van der Waals surface area contributed by atoms with E-state index >= 15 is 0 Å². The molecule has 2 unspecified atom stereocenters. The summed E-state index contributed by atoms with van der Waals surface area (Å²) in [5.74, 6) is 0.0133. The molecule has 0 saturated heterocycles. The number of carbonyl (C=O) groups is 1. The molecule has 104 valence electrons. The summed E-state index contributed by atoms with van der Waals surface area (Å²) in [5, 5.41) is 9.12. The number of aliphatic carboxylic acids is 1. The Bertz CT molecular complexity index is 437. The Morgan fingerprint density at radius 3 is 2.68 bits per heavy atom. The second kappa shape index (κ2) is 6.20. The predicted molar refractivity (Wildman–Crippen MR) is 74.3 cm³/mol. The van der Waals surface area contributed by atoms with Crippen LogP contribution >= 0.6 is 0 Å². The van der Waals surface area contributed by atoms with Crippen molar-refractivity contribution < 1.29 is 14.6 Å². The van der Waals surface area contributed by atoms with Gasteiger partial charge in [0.2, 0.25) is 0 Å². The molecule has 1 saturated carbocycles. The van der Waals surface area contributed by atoms with Crippen LogP contribution < -0.4 is 0 Å². The van der Waals surface area contributed by atoms with Crippen LogP contribution in [0.2, 0.25) is 0 Å². The van der Waals surface area contributed by atoms with Crippen LogP contribution in [0.25, 0.3) is 0 Å². The number of methoxy groups -OCH3 is 1. The fourth-order valence-electron chi connectivity index (χ4n) is 2.69. The Labute approximate surface area is 114 Å². The first-order valence-corrected chi connectivity index (χ1v) is 6.94. The monoisotopic (exact) mass is 262 g/mol. The standard InChI is InChI=1S/C16H22O3/c1-11(19-2)9-13-5-3-4-6-14(13)15(10-16(17)18)12-7-8-12/h3-6,11-12,15H,7-10H2,1-2H3,(H,17,18). The van der Waals surface area contributed by atoms with Gasteiger partial charge in [0.25, 0.3) is 0 Å². The molecule has 1 N–H and O–H groups in total. The fourth-order valence-corrected chi connectivity index (χ4v) is 2.69. The molecule has 0 heterocycles. The summed E-state index contributed by atoms with van der Waals surface area (Å²) in [5.41, 5.74) is 2.44. The summed E-state index contributed by atoms with van der Waals surface area (Å²) < 4.78 is 5.33. The molecule has 0 aromatic heterocycles. The first-order chi connectivity index (χ1) is 9.11. The molecule has 19 heavy (non-hydrogen) atoms. The lowest BCUT2D eigenvalue weighted by molar-refractivity contribution is -0.137. The molecule has 0 bridgehead atoms. The van der Waals surface area contributed by atoms with Gasteiger partial charge < -0.3 is 9.84 Å². The summed E-state index contributed by atoms with van der Waals surface area (Å²) in [4.78, 5) is 11.1. The molecule has 0 radical (unpaired) electrons. The zero-order valence-electron chi connectivity index (χ0n) is 11.6.